The van der Waals surface area contributed by atoms with Gasteiger partial charge in [0.1, 0.15) is 17.3 Å². The fraction of sp³-hybridized carbons (Fsp3) is 0.400. The number of anilines is 2. The lowest BCUT2D eigenvalue weighted by atomic mass is 9.85. The lowest BCUT2D eigenvalue weighted by Gasteiger charge is -2.23. The molecule has 2 aromatic carbocycles. The van der Waals surface area contributed by atoms with Crippen LogP contribution < -0.4 is 19.3 Å². The minimum atomic E-state index is -0.112. The summed E-state index contributed by atoms with van der Waals surface area (Å²) in [6.07, 6.45) is 3.82. The Kier molecular flexibility index (Phi) is 9.34. The number of rotatable bonds is 10. The Bertz CT molecular complexity index is 1070. The number of benzene rings is 2. The summed E-state index contributed by atoms with van der Waals surface area (Å²) in [5.74, 6) is 1.26. The van der Waals surface area contributed by atoms with E-state index in [4.69, 9.17) is 9.47 Å². The van der Waals surface area contributed by atoms with E-state index >= 15 is 0 Å². The number of carbonyl (C=O) groups is 2. The molecule has 1 fully saturated rings. The van der Waals surface area contributed by atoms with Crippen LogP contribution in [0.2, 0.25) is 0 Å². The molecule has 0 unspecified atom stereocenters. The molecule has 0 amide bonds. The Hall–Kier alpha value is -3.54. The second kappa shape index (κ2) is 12.4. The maximum absolute atomic E-state index is 13.4. The van der Waals surface area contributed by atoms with Gasteiger partial charge in [-0.2, -0.15) is 0 Å². The molecule has 0 atom stereocenters. The zero-order valence-corrected chi connectivity index (χ0v) is 22.4. The lowest BCUT2D eigenvalue weighted by Crippen LogP contribution is -2.22. The summed E-state index contributed by atoms with van der Waals surface area (Å²) in [4.78, 5) is 30.5. The van der Waals surface area contributed by atoms with E-state index in [1.165, 1.54) is 0 Å². The van der Waals surface area contributed by atoms with E-state index in [0.29, 0.717) is 22.6 Å². The van der Waals surface area contributed by atoms with Crippen LogP contribution in [-0.4, -0.2) is 52.0 Å². The van der Waals surface area contributed by atoms with Crippen LogP contribution in [-0.2, 0) is 9.59 Å². The van der Waals surface area contributed by atoms with Crippen molar-refractivity contribution in [2.45, 2.75) is 40.5 Å². The molecule has 0 N–H and O–H groups in total. The molecule has 2 aromatic rings. The largest absolute Gasteiger partial charge is 0.496 e. The SMILES string of the molecule is CCN(CC)c1ccc(C=C2CC(=O)CC(=Cc3ccc(N(CC)CC)cc3OC)C2=O)c(OC)c1. The van der Waals surface area contributed by atoms with Crippen LogP contribution in [0, 0.1) is 0 Å². The molecule has 0 saturated heterocycles. The maximum atomic E-state index is 13.4. The van der Waals surface area contributed by atoms with Gasteiger partial charge >= 0.3 is 0 Å². The van der Waals surface area contributed by atoms with Crippen molar-refractivity contribution in [2.75, 3.05) is 50.2 Å². The van der Waals surface area contributed by atoms with Crippen LogP contribution in [0.4, 0.5) is 11.4 Å². The average molecular weight is 491 g/mol. The van der Waals surface area contributed by atoms with Gasteiger partial charge in [-0.15, -0.1) is 0 Å². The molecule has 0 aliphatic heterocycles. The Balaban J connectivity index is 1.97. The van der Waals surface area contributed by atoms with Crippen molar-refractivity contribution in [3.05, 3.63) is 58.7 Å². The smallest absolute Gasteiger partial charge is 0.185 e. The van der Waals surface area contributed by atoms with Crippen LogP contribution in [0.25, 0.3) is 12.2 Å². The summed E-state index contributed by atoms with van der Waals surface area (Å²) in [5, 5.41) is 0. The molecule has 0 aromatic heterocycles. The van der Waals surface area contributed by atoms with Gasteiger partial charge in [-0.25, -0.2) is 0 Å². The molecular formula is C30H38N2O4. The lowest BCUT2D eigenvalue weighted by molar-refractivity contribution is -0.122. The predicted octanol–water partition coefficient (Wildman–Crippen LogP) is 5.80. The number of nitrogens with zero attached hydrogens (tertiary/aromatic N) is 2. The number of Topliss-reactive ketones (excluding diaryl/α,β-unsaturated/α-hetero) is 2. The van der Waals surface area contributed by atoms with E-state index in [1.807, 2.05) is 36.4 Å². The van der Waals surface area contributed by atoms with Crippen LogP contribution in [0.5, 0.6) is 11.5 Å². The third kappa shape index (κ3) is 5.99. The molecule has 0 bridgehead atoms. The average Bonchev–Trinajstić information content (AvgIpc) is 2.89. The second-order valence-corrected chi connectivity index (χ2v) is 8.76. The molecule has 1 aliphatic rings. The molecule has 0 spiro atoms. The van der Waals surface area contributed by atoms with Gasteiger partial charge in [-0.1, -0.05) is 0 Å². The first-order valence-electron chi connectivity index (χ1n) is 12.7. The van der Waals surface area contributed by atoms with Gasteiger partial charge in [-0.05, 0) is 64.1 Å². The summed E-state index contributed by atoms with van der Waals surface area (Å²) in [5.41, 5.74) is 4.64. The molecule has 1 aliphatic carbocycles. The molecular weight excluding hydrogens is 452 g/mol. The van der Waals surface area contributed by atoms with Crippen molar-refractivity contribution < 1.29 is 19.1 Å². The summed E-state index contributed by atoms with van der Waals surface area (Å²) in [6.45, 7) is 12.0. The molecule has 6 nitrogen and oxygen atoms in total. The quantitative estimate of drug-likeness (QED) is 0.393. The highest BCUT2D eigenvalue weighted by atomic mass is 16.5. The number of ether oxygens (including phenoxy) is 2. The standard InChI is InChI=1S/C30H38N2O4/c1-7-31(8-2)25-13-11-21(28(19-25)35-5)15-23-17-27(33)18-24(30(23)34)16-22-12-14-26(20-29(22)36-6)32(9-3)10-4/h11-16,19-20H,7-10,17-18H2,1-6H3. The molecule has 36 heavy (non-hydrogen) atoms. The highest BCUT2D eigenvalue weighted by Crippen LogP contribution is 2.33. The first-order chi connectivity index (χ1) is 17.4. The second-order valence-electron chi connectivity index (χ2n) is 8.76. The van der Waals surface area contributed by atoms with Crippen LogP contribution in [0.3, 0.4) is 0 Å². The van der Waals surface area contributed by atoms with Crippen LogP contribution in [0.1, 0.15) is 51.7 Å². The normalized spacial score (nSPS) is 15.9. The minimum Gasteiger partial charge on any atom is -0.496 e. The third-order valence-corrected chi connectivity index (χ3v) is 6.71. The zero-order chi connectivity index (χ0) is 26.2. The van der Waals surface area contributed by atoms with Crippen molar-refractivity contribution >= 4 is 35.1 Å². The van der Waals surface area contributed by atoms with Gasteiger partial charge in [-0.3, -0.25) is 9.59 Å². The molecule has 0 heterocycles. The predicted molar refractivity (Wildman–Crippen MR) is 148 cm³/mol. The van der Waals surface area contributed by atoms with E-state index < -0.39 is 0 Å². The van der Waals surface area contributed by atoms with E-state index in [9.17, 15) is 9.59 Å². The fourth-order valence-electron chi connectivity index (χ4n) is 4.67. The third-order valence-electron chi connectivity index (χ3n) is 6.71. The van der Waals surface area contributed by atoms with Crippen LogP contribution in [0.15, 0.2) is 47.5 Å². The number of ketones is 2. The molecule has 6 heteroatoms. The van der Waals surface area contributed by atoms with Crippen molar-refractivity contribution in [3.63, 3.8) is 0 Å². The Morgan fingerprint density at radius 2 is 1.08 bits per heavy atom. The number of allylic oxidation sites excluding steroid dienone is 2. The summed E-state index contributed by atoms with van der Waals surface area (Å²) in [7, 11) is 3.24. The zero-order valence-electron chi connectivity index (χ0n) is 22.4. The first-order valence-corrected chi connectivity index (χ1v) is 12.7. The van der Waals surface area contributed by atoms with E-state index in [1.54, 1.807) is 26.4 Å². The molecule has 0 radical (unpaired) electrons. The number of hydrogen-bond donors (Lipinski definition) is 0. The van der Waals surface area contributed by atoms with Gasteiger partial charge in [0.25, 0.3) is 0 Å². The van der Waals surface area contributed by atoms with E-state index in [0.717, 1.165) is 48.7 Å². The highest BCUT2D eigenvalue weighted by Gasteiger charge is 2.27. The van der Waals surface area contributed by atoms with E-state index in [-0.39, 0.29) is 24.4 Å². The summed E-state index contributed by atoms with van der Waals surface area (Å²) < 4.78 is 11.3. The first kappa shape index (κ1) is 27.1. The summed E-state index contributed by atoms with van der Waals surface area (Å²) >= 11 is 0. The Labute approximate surface area is 215 Å². The maximum Gasteiger partial charge on any atom is 0.185 e. The van der Waals surface area contributed by atoms with E-state index in [2.05, 4.69) is 37.5 Å². The van der Waals surface area contributed by atoms with Gasteiger partial charge in [0.15, 0.2) is 5.78 Å². The Morgan fingerprint density at radius 1 is 0.694 bits per heavy atom. The number of carbonyl (C=O) groups excluding carboxylic acids is 2. The van der Waals surface area contributed by atoms with Crippen LogP contribution >= 0.6 is 0 Å². The monoisotopic (exact) mass is 490 g/mol. The van der Waals surface area contributed by atoms with Crippen molar-refractivity contribution in [1.29, 1.82) is 0 Å². The topological polar surface area (TPSA) is 59.1 Å². The highest BCUT2D eigenvalue weighted by molar-refractivity contribution is 6.20. The van der Waals surface area contributed by atoms with Crippen molar-refractivity contribution in [3.8, 4) is 11.5 Å². The molecule has 192 valence electrons. The Morgan fingerprint density at radius 3 is 1.42 bits per heavy atom. The van der Waals surface area contributed by atoms with Crippen molar-refractivity contribution in [2.24, 2.45) is 0 Å². The van der Waals surface area contributed by atoms with Gasteiger partial charge < -0.3 is 19.3 Å². The number of hydrogen-bond acceptors (Lipinski definition) is 6. The fourth-order valence-corrected chi connectivity index (χ4v) is 4.67. The van der Waals surface area contributed by atoms with Gasteiger partial charge in [0.2, 0.25) is 0 Å². The minimum absolute atomic E-state index is 0.0181. The molecule has 1 saturated carbocycles. The van der Waals surface area contributed by atoms with Crippen molar-refractivity contribution in [1.82, 2.24) is 0 Å². The summed E-state index contributed by atoms with van der Waals surface area (Å²) in [6, 6.07) is 11.9. The van der Waals surface area contributed by atoms with Gasteiger partial charge in [0.05, 0.1) is 14.2 Å². The number of methoxy groups -OCH3 is 2. The molecule has 3 rings (SSSR count). The van der Waals surface area contributed by atoms with Gasteiger partial charge in [0, 0.05) is 84.8 Å².